The fraction of sp³-hybridized carbons (Fsp3) is 0.323. The van der Waals surface area contributed by atoms with Crippen molar-refractivity contribution in [3.8, 4) is 11.5 Å². The average molecular weight is 528 g/mol. The number of benzene rings is 3. The predicted octanol–water partition coefficient (Wildman–Crippen LogP) is 2.94. The lowest BCUT2D eigenvalue weighted by Gasteiger charge is -2.49. The molecule has 1 fully saturated rings. The number of fused-ring (bicyclic) bond motifs is 2. The molecule has 0 spiro atoms. The van der Waals surface area contributed by atoms with E-state index in [-0.39, 0.29) is 35.6 Å². The number of nitrogens with zero attached hydrogens (tertiary/aromatic N) is 2. The zero-order valence-corrected chi connectivity index (χ0v) is 21.9. The number of phenolic OH excluding ortho intramolecular Hbond substituents is 2. The SMILES string of the molecule is CCC(C(=O)NCCc1ccc(O)cc1)N1C(=O)[C@@H]2Cc3ccccc3CN2C(=O)[C@@H]1Cc1ccc(O)cc1. The van der Waals surface area contributed by atoms with Gasteiger partial charge in [0, 0.05) is 25.9 Å². The third kappa shape index (κ3) is 5.46. The van der Waals surface area contributed by atoms with E-state index in [0.29, 0.717) is 32.4 Å². The molecule has 202 valence electrons. The molecule has 2 aliphatic rings. The molecule has 8 heteroatoms. The number of hydrogen-bond donors (Lipinski definition) is 3. The highest BCUT2D eigenvalue weighted by atomic mass is 16.3. The molecule has 3 amide bonds. The third-order valence-corrected chi connectivity index (χ3v) is 7.73. The summed E-state index contributed by atoms with van der Waals surface area (Å²) in [6.07, 6.45) is 1.59. The highest BCUT2D eigenvalue weighted by Gasteiger charge is 2.50. The summed E-state index contributed by atoms with van der Waals surface area (Å²) in [5.41, 5.74) is 3.84. The summed E-state index contributed by atoms with van der Waals surface area (Å²) in [6, 6.07) is 19.0. The highest BCUT2D eigenvalue weighted by molar-refractivity contribution is 6.00. The molecule has 0 aliphatic carbocycles. The number of amides is 3. The van der Waals surface area contributed by atoms with Crippen LogP contribution in [0.15, 0.2) is 72.8 Å². The molecule has 3 aromatic carbocycles. The lowest BCUT2D eigenvalue weighted by atomic mass is 9.87. The quantitative estimate of drug-likeness (QED) is 0.417. The van der Waals surface area contributed by atoms with Gasteiger partial charge in [-0.15, -0.1) is 0 Å². The molecular weight excluding hydrogens is 494 g/mol. The van der Waals surface area contributed by atoms with Gasteiger partial charge in [-0.2, -0.15) is 0 Å². The summed E-state index contributed by atoms with van der Waals surface area (Å²) in [5.74, 6) is -0.376. The van der Waals surface area contributed by atoms with E-state index in [9.17, 15) is 24.6 Å². The monoisotopic (exact) mass is 527 g/mol. The van der Waals surface area contributed by atoms with E-state index in [1.54, 1.807) is 53.4 Å². The Morgan fingerprint density at radius 2 is 1.51 bits per heavy atom. The van der Waals surface area contributed by atoms with E-state index < -0.39 is 18.1 Å². The maximum absolute atomic E-state index is 14.1. The minimum absolute atomic E-state index is 0.119. The van der Waals surface area contributed by atoms with E-state index in [2.05, 4.69) is 5.32 Å². The zero-order valence-electron chi connectivity index (χ0n) is 21.9. The van der Waals surface area contributed by atoms with E-state index in [4.69, 9.17) is 0 Å². The lowest BCUT2D eigenvalue weighted by molar-refractivity contribution is -0.167. The Labute approximate surface area is 227 Å². The summed E-state index contributed by atoms with van der Waals surface area (Å²) in [6.45, 7) is 2.57. The van der Waals surface area contributed by atoms with Crippen LogP contribution in [-0.4, -0.2) is 62.4 Å². The average Bonchev–Trinajstić information content (AvgIpc) is 2.95. The van der Waals surface area contributed by atoms with Crippen molar-refractivity contribution in [2.24, 2.45) is 0 Å². The Kier molecular flexibility index (Phi) is 7.54. The van der Waals surface area contributed by atoms with Crippen molar-refractivity contribution in [3.63, 3.8) is 0 Å². The number of carbonyl (C=O) groups is 3. The maximum Gasteiger partial charge on any atom is 0.247 e. The summed E-state index contributed by atoms with van der Waals surface area (Å²) >= 11 is 0. The third-order valence-electron chi connectivity index (χ3n) is 7.73. The first-order chi connectivity index (χ1) is 18.9. The summed E-state index contributed by atoms with van der Waals surface area (Å²) in [5, 5.41) is 22.2. The van der Waals surface area contributed by atoms with Crippen LogP contribution in [0.25, 0.3) is 0 Å². The molecule has 0 saturated carbocycles. The van der Waals surface area contributed by atoms with Crippen molar-refractivity contribution >= 4 is 17.7 Å². The van der Waals surface area contributed by atoms with Crippen molar-refractivity contribution < 1.29 is 24.6 Å². The standard InChI is InChI=1S/C31H33N3O5/c1-2-26(29(37)32-16-15-20-7-11-24(35)12-8-20)34-28(17-21-9-13-25(36)14-10-21)30(38)33-19-23-6-4-3-5-22(23)18-27(33)31(34)39/h3-14,26-28,35-36H,2,15-19H2,1H3,(H,32,37)/t26?,27-,28-/m0/s1. The van der Waals surface area contributed by atoms with Gasteiger partial charge in [-0.1, -0.05) is 55.5 Å². The highest BCUT2D eigenvalue weighted by Crippen LogP contribution is 2.32. The molecule has 2 aliphatic heterocycles. The Balaban J connectivity index is 1.41. The topological polar surface area (TPSA) is 110 Å². The van der Waals surface area contributed by atoms with Crippen molar-refractivity contribution in [1.29, 1.82) is 0 Å². The molecule has 0 radical (unpaired) electrons. The van der Waals surface area contributed by atoms with Crippen LogP contribution in [0, 0.1) is 0 Å². The second kappa shape index (κ2) is 11.2. The van der Waals surface area contributed by atoms with Crippen LogP contribution in [0.1, 0.15) is 35.6 Å². The van der Waals surface area contributed by atoms with Crippen LogP contribution in [0.5, 0.6) is 11.5 Å². The fourth-order valence-corrected chi connectivity index (χ4v) is 5.64. The number of carbonyl (C=O) groups excluding carboxylic acids is 3. The molecule has 3 aromatic rings. The van der Waals surface area contributed by atoms with E-state index in [1.165, 1.54) is 4.90 Å². The molecule has 3 atom stereocenters. The Hall–Kier alpha value is -4.33. The molecule has 0 bridgehead atoms. The van der Waals surface area contributed by atoms with Gasteiger partial charge in [0.25, 0.3) is 0 Å². The van der Waals surface area contributed by atoms with Gasteiger partial charge in [-0.25, -0.2) is 0 Å². The van der Waals surface area contributed by atoms with Gasteiger partial charge in [0.05, 0.1) is 0 Å². The van der Waals surface area contributed by atoms with Gasteiger partial charge < -0.3 is 25.3 Å². The fourth-order valence-electron chi connectivity index (χ4n) is 5.64. The van der Waals surface area contributed by atoms with Crippen LogP contribution in [-0.2, 0) is 40.2 Å². The molecular formula is C31H33N3O5. The maximum atomic E-state index is 14.1. The Morgan fingerprint density at radius 3 is 2.15 bits per heavy atom. The summed E-state index contributed by atoms with van der Waals surface area (Å²) < 4.78 is 0. The largest absolute Gasteiger partial charge is 0.508 e. The van der Waals surface area contributed by atoms with E-state index in [0.717, 1.165) is 22.3 Å². The molecule has 2 heterocycles. The Morgan fingerprint density at radius 1 is 0.897 bits per heavy atom. The van der Waals surface area contributed by atoms with Crippen molar-refractivity contribution in [1.82, 2.24) is 15.1 Å². The van der Waals surface area contributed by atoms with Crippen LogP contribution in [0.4, 0.5) is 0 Å². The smallest absolute Gasteiger partial charge is 0.247 e. The normalized spacial score (nSPS) is 19.3. The van der Waals surface area contributed by atoms with Crippen LogP contribution in [0.2, 0.25) is 0 Å². The number of rotatable bonds is 8. The minimum Gasteiger partial charge on any atom is -0.508 e. The summed E-state index contributed by atoms with van der Waals surface area (Å²) in [7, 11) is 0. The molecule has 0 aromatic heterocycles. The predicted molar refractivity (Wildman–Crippen MR) is 146 cm³/mol. The Bertz CT molecular complexity index is 1360. The summed E-state index contributed by atoms with van der Waals surface area (Å²) in [4.78, 5) is 44.7. The number of nitrogens with one attached hydrogen (secondary N) is 1. The molecule has 3 N–H and O–H groups in total. The molecule has 1 saturated heterocycles. The number of hydrogen-bond acceptors (Lipinski definition) is 5. The second-order valence-corrected chi connectivity index (χ2v) is 10.2. The van der Waals surface area contributed by atoms with Crippen LogP contribution >= 0.6 is 0 Å². The van der Waals surface area contributed by atoms with E-state index in [1.807, 2.05) is 31.2 Å². The molecule has 39 heavy (non-hydrogen) atoms. The number of phenols is 2. The first-order valence-electron chi connectivity index (χ1n) is 13.4. The van der Waals surface area contributed by atoms with Crippen molar-refractivity contribution in [2.75, 3.05) is 6.54 Å². The number of aromatic hydroxyl groups is 2. The van der Waals surface area contributed by atoms with Gasteiger partial charge in [-0.3, -0.25) is 14.4 Å². The van der Waals surface area contributed by atoms with Gasteiger partial charge >= 0.3 is 0 Å². The number of piperazine rings is 1. The molecule has 5 rings (SSSR count). The van der Waals surface area contributed by atoms with Crippen molar-refractivity contribution in [2.45, 2.75) is 57.3 Å². The molecule has 1 unspecified atom stereocenters. The minimum atomic E-state index is -0.837. The first kappa shape index (κ1) is 26.3. The van der Waals surface area contributed by atoms with Crippen LogP contribution < -0.4 is 5.32 Å². The lowest BCUT2D eigenvalue weighted by Crippen LogP contribution is -2.70. The van der Waals surface area contributed by atoms with E-state index >= 15 is 0 Å². The first-order valence-corrected chi connectivity index (χ1v) is 13.4. The van der Waals surface area contributed by atoms with Gasteiger partial charge in [-0.05, 0) is 59.4 Å². The second-order valence-electron chi connectivity index (χ2n) is 10.2. The zero-order chi connectivity index (χ0) is 27.5. The van der Waals surface area contributed by atoms with Crippen molar-refractivity contribution in [3.05, 3.63) is 95.1 Å². The van der Waals surface area contributed by atoms with Crippen LogP contribution in [0.3, 0.4) is 0 Å². The molecule has 8 nitrogen and oxygen atoms in total. The van der Waals surface area contributed by atoms with Gasteiger partial charge in [0.15, 0.2) is 0 Å². The van der Waals surface area contributed by atoms with Gasteiger partial charge in [0.2, 0.25) is 17.7 Å². The van der Waals surface area contributed by atoms with Gasteiger partial charge in [0.1, 0.15) is 29.6 Å².